The third kappa shape index (κ3) is 5.02. The Bertz CT molecular complexity index is 494. The van der Waals surface area contributed by atoms with Crippen LogP contribution < -0.4 is 4.90 Å². The number of anilines is 1. The van der Waals surface area contributed by atoms with Gasteiger partial charge in [0.25, 0.3) is 0 Å². The van der Waals surface area contributed by atoms with Crippen LogP contribution in [-0.4, -0.2) is 55.0 Å². The lowest BCUT2D eigenvalue weighted by molar-refractivity contribution is 0.103. The van der Waals surface area contributed by atoms with Crippen LogP contribution in [0.15, 0.2) is 24.3 Å². The van der Waals surface area contributed by atoms with Gasteiger partial charge in [-0.25, -0.2) is 4.31 Å². The highest BCUT2D eigenvalue weighted by Crippen LogP contribution is 2.30. The smallest absolute Gasteiger partial charge is 0.0363 e. The van der Waals surface area contributed by atoms with Gasteiger partial charge < -0.3 is 4.90 Å². The zero-order chi connectivity index (χ0) is 16.9. The van der Waals surface area contributed by atoms with Gasteiger partial charge in [-0.15, -0.1) is 0 Å². The standard InChI is InChI=1S/C19H30IN3S/c1-16-3-7-18(8-4-16)21(2)15-17-5-9-19(10-6-17)22-11-13-23(24-20)14-12-22/h3-4,7-8,17,19H,5-6,9-15H2,1-2H3. The fraction of sp³-hybridized carbons (Fsp3) is 0.684. The number of halogens is 1. The van der Waals surface area contributed by atoms with Crippen LogP contribution in [0.25, 0.3) is 0 Å². The highest BCUT2D eigenvalue weighted by atomic mass is 127. The van der Waals surface area contributed by atoms with Crippen molar-refractivity contribution in [2.75, 3.05) is 44.7 Å². The summed E-state index contributed by atoms with van der Waals surface area (Å²) in [6, 6.07) is 9.79. The molecule has 5 heteroatoms. The van der Waals surface area contributed by atoms with E-state index in [1.807, 2.05) is 9.12 Å². The second kappa shape index (κ2) is 9.10. The molecule has 1 heterocycles. The van der Waals surface area contributed by atoms with E-state index in [2.05, 4.69) is 73.5 Å². The topological polar surface area (TPSA) is 9.72 Å². The minimum atomic E-state index is 0.840. The fourth-order valence-electron chi connectivity index (χ4n) is 4.12. The molecule has 1 saturated carbocycles. The molecule has 1 saturated heterocycles. The fourth-order valence-corrected chi connectivity index (χ4v) is 5.61. The zero-order valence-electron chi connectivity index (χ0n) is 15.0. The summed E-state index contributed by atoms with van der Waals surface area (Å²) < 4.78 is 2.49. The van der Waals surface area contributed by atoms with E-state index in [1.54, 1.807) is 0 Å². The number of hydrogen-bond donors (Lipinski definition) is 0. The van der Waals surface area contributed by atoms with Crippen LogP contribution in [0.2, 0.25) is 0 Å². The van der Waals surface area contributed by atoms with Gasteiger partial charge in [0.15, 0.2) is 0 Å². The van der Waals surface area contributed by atoms with Gasteiger partial charge in [-0.1, -0.05) is 17.7 Å². The normalized spacial score (nSPS) is 26.5. The summed E-state index contributed by atoms with van der Waals surface area (Å²) >= 11 is 2.41. The molecule has 3 rings (SSSR count). The molecule has 3 nitrogen and oxygen atoms in total. The molecule has 0 bridgehead atoms. The molecule has 0 radical (unpaired) electrons. The molecule has 1 aromatic carbocycles. The summed E-state index contributed by atoms with van der Waals surface area (Å²) in [6.07, 6.45) is 5.57. The monoisotopic (exact) mass is 459 g/mol. The largest absolute Gasteiger partial charge is 0.374 e. The van der Waals surface area contributed by atoms with Crippen molar-refractivity contribution in [3.8, 4) is 0 Å². The predicted octanol–water partition coefficient (Wildman–Crippen LogP) is 4.61. The van der Waals surface area contributed by atoms with Crippen LogP contribution in [0.3, 0.4) is 0 Å². The number of piperazine rings is 1. The van der Waals surface area contributed by atoms with E-state index >= 15 is 0 Å². The molecule has 0 spiro atoms. The van der Waals surface area contributed by atoms with E-state index in [4.69, 9.17) is 0 Å². The Morgan fingerprint density at radius 1 is 1.04 bits per heavy atom. The van der Waals surface area contributed by atoms with Crippen LogP contribution in [0.4, 0.5) is 5.69 Å². The van der Waals surface area contributed by atoms with Crippen molar-refractivity contribution in [3.63, 3.8) is 0 Å². The molecule has 1 aliphatic carbocycles. The van der Waals surface area contributed by atoms with Gasteiger partial charge in [-0.3, -0.25) is 4.90 Å². The highest BCUT2D eigenvalue weighted by Gasteiger charge is 2.28. The maximum Gasteiger partial charge on any atom is 0.0363 e. The van der Waals surface area contributed by atoms with Crippen LogP contribution in [-0.2, 0) is 0 Å². The maximum atomic E-state index is 2.75. The van der Waals surface area contributed by atoms with Gasteiger partial charge >= 0.3 is 0 Å². The third-order valence-electron chi connectivity index (χ3n) is 5.71. The molecule has 0 aromatic heterocycles. The minimum absolute atomic E-state index is 0.840. The summed E-state index contributed by atoms with van der Waals surface area (Å²) in [5.41, 5.74) is 2.70. The Hall–Kier alpha value is 0.0200. The molecule has 0 amide bonds. The van der Waals surface area contributed by atoms with Crippen molar-refractivity contribution >= 4 is 36.0 Å². The van der Waals surface area contributed by atoms with E-state index < -0.39 is 0 Å². The van der Waals surface area contributed by atoms with Crippen LogP contribution in [0.5, 0.6) is 0 Å². The Labute approximate surface area is 163 Å². The van der Waals surface area contributed by atoms with Crippen molar-refractivity contribution in [1.82, 2.24) is 9.21 Å². The van der Waals surface area contributed by atoms with Crippen molar-refractivity contribution in [2.45, 2.75) is 38.6 Å². The first-order valence-electron chi connectivity index (χ1n) is 9.21. The molecule has 134 valence electrons. The van der Waals surface area contributed by atoms with Crippen molar-refractivity contribution in [1.29, 1.82) is 0 Å². The van der Waals surface area contributed by atoms with Gasteiger partial charge in [-0.05, 0) is 59.8 Å². The Morgan fingerprint density at radius 2 is 1.67 bits per heavy atom. The Kier molecular flexibility index (Phi) is 7.13. The van der Waals surface area contributed by atoms with Crippen molar-refractivity contribution in [2.24, 2.45) is 5.92 Å². The quantitative estimate of drug-likeness (QED) is 0.470. The average molecular weight is 459 g/mol. The van der Waals surface area contributed by atoms with Crippen LogP contribution >= 0.6 is 30.3 Å². The van der Waals surface area contributed by atoms with Gasteiger partial charge in [-0.2, -0.15) is 0 Å². The second-order valence-corrected chi connectivity index (χ2v) is 9.26. The van der Waals surface area contributed by atoms with Gasteiger partial charge in [0.1, 0.15) is 0 Å². The summed E-state index contributed by atoms with van der Waals surface area (Å²) in [4.78, 5) is 5.20. The number of rotatable bonds is 5. The van der Waals surface area contributed by atoms with Crippen molar-refractivity contribution < 1.29 is 0 Å². The number of nitrogens with zero attached hydrogens (tertiary/aromatic N) is 3. The van der Waals surface area contributed by atoms with E-state index in [0.29, 0.717) is 0 Å². The first-order chi connectivity index (χ1) is 11.7. The first-order valence-corrected chi connectivity index (χ1v) is 12.5. The van der Waals surface area contributed by atoms with Gasteiger partial charge in [0, 0.05) is 72.7 Å². The predicted molar refractivity (Wildman–Crippen MR) is 115 cm³/mol. The molecule has 2 fully saturated rings. The third-order valence-corrected chi connectivity index (χ3v) is 7.94. The lowest BCUT2D eigenvalue weighted by Gasteiger charge is -2.41. The number of benzene rings is 1. The SMILES string of the molecule is Cc1ccc(N(C)CC2CCC(N3CCN(SI)CC3)CC2)cc1. The number of hydrogen-bond acceptors (Lipinski definition) is 4. The molecule has 0 unspecified atom stereocenters. The maximum absolute atomic E-state index is 2.75. The molecular weight excluding hydrogens is 429 g/mol. The van der Waals surface area contributed by atoms with E-state index in [1.165, 1.54) is 69.7 Å². The second-order valence-electron chi connectivity index (χ2n) is 7.42. The lowest BCUT2D eigenvalue weighted by Crippen LogP contribution is -2.49. The van der Waals surface area contributed by atoms with E-state index in [-0.39, 0.29) is 0 Å². The summed E-state index contributed by atoms with van der Waals surface area (Å²) in [5, 5.41) is 0. The summed E-state index contributed by atoms with van der Waals surface area (Å²) in [5.74, 6) is 0.860. The molecular formula is C19H30IN3S. The molecule has 0 N–H and O–H groups in total. The lowest BCUT2D eigenvalue weighted by atomic mass is 9.84. The van der Waals surface area contributed by atoms with E-state index in [9.17, 15) is 0 Å². The summed E-state index contributed by atoms with van der Waals surface area (Å²) in [7, 11) is 4.12. The van der Waals surface area contributed by atoms with Gasteiger partial charge in [0.2, 0.25) is 0 Å². The molecule has 24 heavy (non-hydrogen) atoms. The van der Waals surface area contributed by atoms with Gasteiger partial charge in [0.05, 0.1) is 0 Å². The van der Waals surface area contributed by atoms with Crippen molar-refractivity contribution in [3.05, 3.63) is 29.8 Å². The van der Waals surface area contributed by atoms with Crippen LogP contribution in [0, 0.1) is 12.8 Å². The van der Waals surface area contributed by atoms with E-state index in [0.717, 1.165) is 12.0 Å². The molecule has 1 aromatic rings. The molecule has 0 atom stereocenters. The first kappa shape index (κ1) is 18.8. The Morgan fingerprint density at radius 3 is 2.25 bits per heavy atom. The zero-order valence-corrected chi connectivity index (χ0v) is 17.9. The summed E-state index contributed by atoms with van der Waals surface area (Å²) in [6.45, 7) is 8.33. The highest BCUT2D eigenvalue weighted by molar-refractivity contribution is 14.2. The number of aryl methyl sites for hydroxylation is 1. The minimum Gasteiger partial charge on any atom is -0.374 e. The Balaban J connectivity index is 1.43. The average Bonchev–Trinajstić information content (AvgIpc) is 2.63. The van der Waals surface area contributed by atoms with Crippen LogP contribution in [0.1, 0.15) is 31.2 Å². The molecule has 1 aliphatic heterocycles. The molecule has 2 aliphatic rings.